The van der Waals surface area contributed by atoms with Crippen LogP contribution in [-0.2, 0) is 6.18 Å². The molecule has 2 rings (SSSR count). The molecule has 1 aromatic carbocycles. The van der Waals surface area contributed by atoms with E-state index < -0.39 is 11.7 Å². The van der Waals surface area contributed by atoms with Crippen LogP contribution in [0.25, 0.3) is 0 Å². The molecule has 1 aromatic heterocycles. The molecule has 0 bridgehead atoms. The Morgan fingerprint density at radius 1 is 1.15 bits per heavy atom. The largest absolute Gasteiger partial charge is 0.439 e. The molecular formula is C12H11F3N4O. The summed E-state index contributed by atoms with van der Waals surface area (Å²) in [7, 11) is 0. The quantitative estimate of drug-likeness (QED) is 0.669. The number of anilines is 1. The van der Waals surface area contributed by atoms with Crippen molar-refractivity contribution in [3.8, 4) is 11.6 Å². The molecule has 5 nitrogen and oxygen atoms in total. The second kappa shape index (κ2) is 5.33. The van der Waals surface area contributed by atoms with Crippen molar-refractivity contribution in [3.63, 3.8) is 0 Å². The standard InChI is InChI=1S/C12H11F3N4O/c1-7-17-10(19-16)6-11(18-7)20-9-4-2-8(3-5-9)12(13,14)15/h2-6H,16H2,1H3,(H,17,18,19). The number of aryl methyl sites for hydroxylation is 1. The molecule has 0 aliphatic rings. The van der Waals surface area contributed by atoms with E-state index >= 15 is 0 Å². The number of hydrogen-bond donors (Lipinski definition) is 2. The highest BCUT2D eigenvalue weighted by atomic mass is 19.4. The molecule has 3 N–H and O–H groups in total. The Balaban J connectivity index is 2.20. The summed E-state index contributed by atoms with van der Waals surface area (Å²) in [6, 6.07) is 5.74. The lowest BCUT2D eigenvalue weighted by Crippen LogP contribution is -2.09. The normalized spacial score (nSPS) is 11.2. The monoisotopic (exact) mass is 284 g/mol. The number of nitrogens with one attached hydrogen (secondary N) is 1. The van der Waals surface area contributed by atoms with Crippen LogP contribution in [0.15, 0.2) is 30.3 Å². The van der Waals surface area contributed by atoms with E-state index in [0.717, 1.165) is 12.1 Å². The summed E-state index contributed by atoms with van der Waals surface area (Å²) in [6.07, 6.45) is -4.37. The molecule has 8 heteroatoms. The van der Waals surface area contributed by atoms with E-state index in [4.69, 9.17) is 10.6 Å². The molecule has 106 valence electrons. The molecular weight excluding hydrogens is 273 g/mol. The van der Waals surface area contributed by atoms with E-state index in [-0.39, 0.29) is 11.6 Å². The highest BCUT2D eigenvalue weighted by molar-refractivity contribution is 5.39. The summed E-state index contributed by atoms with van der Waals surface area (Å²) in [5, 5.41) is 0. The zero-order valence-corrected chi connectivity index (χ0v) is 10.4. The number of benzene rings is 1. The van der Waals surface area contributed by atoms with Crippen LogP contribution in [0.4, 0.5) is 19.0 Å². The topological polar surface area (TPSA) is 73.1 Å². The smallest absolute Gasteiger partial charge is 0.416 e. The highest BCUT2D eigenvalue weighted by Crippen LogP contribution is 2.31. The summed E-state index contributed by atoms with van der Waals surface area (Å²) in [6.45, 7) is 1.64. The van der Waals surface area contributed by atoms with Crippen molar-refractivity contribution in [2.45, 2.75) is 13.1 Å². The predicted molar refractivity (Wildman–Crippen MR) is 66.1 cm³/mol. The first-order valence-electron chi connectivity index (χ1n) is 5.56. The first-order valence-corrected chi connectivity index (χ1v) is 5.56. The first-order chi connectivity index (χ1) is 9.38. The van der Waals surface area contributed by atoms with Gasteiger partial charge in [0, 0.05) is 6.07 Å². The van der Waals surface area contributed by atoms with Crippen molar-refractivity contribution >= 4 is 5.82 Å². The van der Waals surface area contributed by atoms with Crippen LogP contribution in [0.5, 0.6) is 11.6 Å². The van der Waals surface area contributed by atoms with Crippen LogP contribution in [0.1, 0.15) is 11.4 Å². The molecule has 2 aromatic rings. The van der Waals surface area contributed by atoms with Crippen LogP contribution >= 0.6 is 0 Å². The molecule has 0 saturated heterocycles. The summed E-state index contributed by atoms with van der Waals surface area (Å²) in [5.74, 6) is 6.41. The van der Waals surface area contributed by atoms with Gasteiger partial charge in [-0.15, -0.1) is 0 Å². The van der Waals surface area contributed by atoms with Gasteiger partial charge in [-0.2, -0.15) is 18.2 Å². The number of ether oxygens (including phenoxy) is 1. The molecule has 0 saturated carbocycles. The van der Waals surface area contributed by atoms with Crippen LogP contribution in [0.2, 0.25) is 0 Å². The number of hydrogen-bond acceptors (Lipinski definition) is 5. The third kappa shape index (κ3) is 3.35. The van der Waals surface area contributed by atoms with Crippen molar-refractivity contribution in [1.82, 2.24) is 9.97 Å². The third-order valence-corrected chi connectivity index (χ3v) is 2.37. The van der Waals surface area contributed by atoms with E-state index in [1.807, 2.05) is 0 Å². The van der Waals surface area contributed by atoms with Gasteiger partial charge in [0.1, 0.15) is 17.4 Å². The Morgan fingerprint density at radius 3 is 2.35 bits per heavy atom. The van der Waals surface area contributed by atoms with Crippen molar-refractivity contribution in [3.05, 3.63) is 41.7 Å². The van der Waals surface area contributed by atoms with E-state index in [1.54, 1.807) is 6.92 Å². The molecule has 1 heterocycles. The van der Waals surface area contributed by atoms with Gasteiger partial charge >= 0.3 is 6.18 Å². The SMILES string of the molecule is Cc1nc(NN)cc(Oc2ccc(C(F)(F)F)cc2)n1. The molecule has 0 unspecified atom stereocenters. The minimum absolute atomic E-state index is 0.185. The van der Waals surface area contributed by atoms with Crippen LogP contribution in [-0.4, -0.2) is 9.97 Å². The fraction of sp³-hybridized carbons (Fsp3) is 0.167. The lowest BCUT2D eigenvalue weighted by molar-refractivity contribution is -0.137. The van der Waals surface area contributed by atoms with Gasteiger partial charge in [-0.25, -0.2) is 10.8 Å². The van der Waals surface area contributed by atoms with Crippen molar-refractivity contribution < 1.29 is 17.9 Å². The first kappa shape index (κ1) is 14.1. The summed E-state index contributed by atoms with van der Waals surface area (Å²) >= 11 is 0. The van der Waals surface area contributed by atoms with E-state index in [2.05, 4.69) is 15.4 Å². The molecule has 0 atom stereocenters. The molecule has 0 aliphatic heterocycles. The summed E-state index contributed by atoms with van der Waals surface area (Å²) in [4.78, 5) is 7.96. The summed E-state index contributed by atoms with van der Waals surface area (Å²) < 4.78 is 42.6. The van der Waals surface area contributed by atoms with Crippen LogP contribution < -0.4 is 16.0 Å². The maximum absolute atomic E-state index is 12.4. The molecule has 0 amide bonds. The van der Waals surface area contributed by atoms with Gasteiger partial charge in [-0.05, 0) is 31.2 Å². The highest BCUT2D eigenvalue weighted by Gasteiger charge is 2.30. The minimum Gasteiger partial charge on any atom is -0.439 e. The number of halogens is 3. The van der Waals surface area contributed by atoms with Gasteiger partial charge in [0.05, 0.1) is 5.56 Å². The molecule has 0 spiro atoms. The van der Waals surface area contributed by atoms with Gasteiger partial charge in [0.2, 0.25) is 5.88 Å². The molecule has 0 fully saturated rings. The van der Waals surface area contributed by atoms with Crippen molar-refractivity contribution in [2.75, 3.05) is 5.43 Å². The van der Waals surface area contributed by atoms with Crippen molar-refractivity contribution in [2.24, 2.45) is 5.84 Å². The maximum atomic E-state index is 12.4. The van der Waals surface area contributed by atoms with Crippen LogP contribution in [0.3, 0.4) is 0 Å². The van der Waals surface area contributed by atoms with Gasteiger partial charge in [-0.1, -0.05) is 0 Å². The Labute approximate surface area is 112 Å². The predicted octanol–water partition coefficient (Wildman–Crippen LogP) is 2.88. The van der Waals surface area contributed by atoms with Gasteiger partial charge in [-0.3, -0.25) is 0 Å². The molecule has 0 radical (unpaired) electrons. The van der Waals surface area contributed by atoms with E-state index in [1.165, 1.54) is 18.2 Å². The third-order valence-electron chi connectivity index (χ3n) is 2.37. The lowest BCUT2D eigenvalue weighted by atomic mass is 10.2. The fourth-order valence-electron chi connectivity index (χ4n) is 1.50. The van der Waals surface area contributed by atoms with Gasteiger partial charge in [0.15, 0.2) is 0 Å². The number of alkyl halides is 3. The summed E-state index contributed by atoms with van der Waals surface area (Å²) in [5.41, 5.74) is 1.60. The minimum atomic E-state index is -4.37. The van der Waals surface area contributed by atoms with Crippen LogP contribution in [0, 0.1) is 6.92 Å². The van der Waals surface area contributed by atoms with Gasteiger partial charge < -0.3 is 10.2 Å². The number of nitrogens with two attached hydrogens (primary N) is 1. The molecule has 0 aliphatic carbocycles. The van der Waals surface area contributed by atoms with Crippen molar-refractivity contribution in [1.29, 1.82) is 0 Å². The number of hydrazine groups is 1. The Bertz CT molecular complexity index is 599. The van der Waals surface area contributed by atoms with E-state index in [9.17, 15) is 13.2 Å². The average molecular weight is 284 g/mol. The fourth-order valence-corrected chi connectivity index (χ4v) is 1.50. The number of rotatable bonds is 3. The number of aromatic nitrogens is 2. The average Bonchev–Trinajstić information content (AvgIpc) is 2.37. The lowest BCUT2D eigenvalue weighted by Gasteiger charge is -2.09. The maximum Gasteiger partial charge on any atom is 0.416 e. The second-order valence-electron chi connectivity index (χ2n) is 3.91. The zero-order chi connectivity index (χ0) is 14.8. The van der Waals surface area contributed by atoms with Gasteiger partial charge in [0.25, 0.3) is 0 Å². The number of nitrogens with zero attached hydrogens (tertiary/aromatic N) is 2. The second-order valence-corrected chi connectivity index (χ2v) is 3.91. The zero-order valence-electron chi connectivity index (χ0n) is 10.4. The Hall–Kier alpha value is -2.35. The number of nitrogen functional groups attached to an aromatic ring is 1. The Morgan fingerprint density at radius 2 is 1.80 bits per heavy atom. The van der Waals surface area contributed by atoms with E-state index in [0.29, 0.717) is 11.6 Å². The molecule has 20 heavy (non-hydrogen) atoms. The Kier molecular flexibility index (Phi) is 3.75.